The molecule has 0 fully saturated rings. The minimum absolute atomic E-state index is 0.230. The van der Waals surface area contributed by atoms with E-state index in [1.165, 1.54) is 6.92 Å². The van der Waals surface area contributed by atoms with Gasteiger partial charge in [0.05, 0.1) is 4.92 Å². The standard InChI is InChI=1S/C12H13N5O3/c1-6-4-7(2)13-9(5-6)14-12(18)10-11(17(19)20)8(3)15-16-10/h4-5H,1-3H3,(H,15,16)(H,13,14,18). The van der Waals surface area contributed by atoms with Crippen LogP contribution in [-0.2, 0) is 0 Å². The van der Waals surface area contributed by atoms with Crippen molar-refractivity contribution in [2.75, 3.05) is 5.32 Å². The van der Waals surface area contributed by atoms with Crippen LogP contribution >= 0.6 is 0 Å². The highest BCUT2D eigenvalue weighted by Gasteiger charge is 2.27. The van der Waals surface area contributed by atoms with E-state index in [-0.39, 0.29) is 17.1 Å². The summed E-state index contributed by atoms with van der Waals surface area (Å²) in [5.74, 6) is -0.332. The third-order valence-electron chi connectivity index (χ3n) is 2.65. The second-order valence-electron chi connectivity index (χ2n) is 4.43. The zero-order valence-electron chi connectivity index (χ0n) is 11.2. The Hall–Kier alpha value is -2.77. The Morgan fingerprint density at radius 1 is 1.35 bits per heavy atom. The topological polar surface area (TPSA) is 114 Å². The second kappa shape index (κ2) is 5.08. The number of carbonyl (C=O) groups excluding carboxylic acids is 1. The molecule has 8 nitrogen and oxygen atoms in total. The van der Waals surface area contributed by atoms with Gasteiger partial charge in [-0.15, -0.1) is 0 Å². The lowest BCUT2D eigenvalue weighted by atomic mass is 10.2. The van der Waals surface area contributed by atoms with Crippen molar-refractivity contribution in [1.29, 1.82) is 0 Å². The Bertz CT molecular complexity index is 672. The number of amides is 1. The van der Waals surface area contributed by atoms with Gasteiger partial charge in [-0.2, -0.15) is 5.10 Å². The van der Waals surface area contributed by atoms with Crippen molar-refractivity contribution in [3.63, 3.8) is 0 Å². The maximum absolute atomic E-state index is 12.0. The summed E-state index contributed by atoms with van der Waals surface area (Å²) in [5.41, 5.74) is 1.32. The van der Waals surface area contributed by atoms with Gasteiger partial charge >= 0.3 is 5.69 Å². The molecule has 0 saturated carbocycles. The molecule has 0 radical (unpaired) electrons. The molecule has 104 valence electrons. The molecule has 2 rings (SSSR count). The molecule has 0 aromatic carbocycles. The highest BCUT2D eigenvalue weighted by Crippen LogP contribution is 2.21. The van der Waals surface area contributed by atoms with Crippen molar-refractivity contribution in [1.82, 2.24) is 15.2 Å². The summed E-state index contributed by atoms with van der Waals surface area (Å²) >= 11 is 0. The van der Waals surface area contributed by atoms with Crippen molar-refractivity contribution in [2.45, 2.75) is 20.8 Å². The molecule has 2 heterocycles. The van der Waals surface area contributed by atoms with Gasteiger partial charge in [-0.05, 0) is 38.5 Å². The Morgan fingerprint density at radius 2 is 2.05 bits per heavy atom. The van der Waals surface area contributed by atoms with Crippen LogP contribution in [0, 0.1) is 30.9 Å². The largest absolute Gasteiger partial charge is 0.322 e. The monoisotopic (exact) mass is 275 g/mol. The van der Waals surface area contributed by atoms with Crippen LogP contribution in [0.25, 0.3) is 0 Å². The molecule has 0 bridgehead atoms. The van der Waals surface area contributed by atoms with Gasteiger partial charge in [0.1, 0.15) is 11.5 Å². The number of hydrogen-bond acceptors (Lipinski definition) is 5. The predicted molar refractivity (Wildman–Crippen MR) is 71.6 cm³/mol. The van der Waals surface area contributed by atoms with E-state index >= 15 is 0 Å². The fourth-order valence-electron chi connectivity index (χ4n) is 1.89. The molecule has 0 saturated heterocycles. The maximum atomic E-state index is 12.0. The molecule has 0 spiro atoms. The molecule has 1 amide bonds. The first-order valence-corrected chi connectivity index (χ1v) is 5.84. The molecule has 0 aliphatic carbocycles. The summed E-state index contributed by atoms with van der Waals surface area (Å²) < 4.78 is 0. The van der Waals surface area contributed by atoms with Crippen molar-refractivity contribution >= 4 is 17.4 Å². The van der Waals surface area contributed by atoms with Gasteiger partial charge in [-0.25, -0.2) is 4.98 Å². The molecule has 0 unspecified atom stereocenters. The number of aromatic nitrogens is 3. The molecular weight excluding hydrogens is 262 g/mol. The number of H-pyrrole nitrogens is 1. The number of nitrogens with one attached hydrogen (secondary N) is 2. The maximum Gasteiger partial charge on any atom is 0.322 e. The van der Waals surface area contributed by atoms with Gasteiger partial charge < -0.3 is 5.32 Å². The lowest BCUT2D eigenvalue weighted by Crippen LogP contribution is -2.15. The average Bonchev–Trinajstić information content (AvgIpc) is 2.69. The van der Waals surface area contributed by atoms with Crippen LogP contribution in [0.15, 0.2) is 12.1 Å². The van der Waals surface area contributed by atoms with Crippen LogP contribution in [-0.4, -0.2) is 26.0 Å². The SMILES string of the molecule is Cc1cc(C)nc(NC(=O)c2n[nH]c(C)c2[N+](=O)[O-])c1. The summed E-state index contributed by atoms with van der Waals surface area (Å²) in [4.78, 5) is 26.5. The summed E-state index contributed by atoms with van der Waals surface area (Å²) in [6.07, 6.45) is 0. The van der Waals surface area contributed by atoms with E-state index in [1.54, 1.807) is 13.0 Å². The number of aryl methyl sites for hydroxylation is 3. The zero-order chi connectivity index (χ0) is 14.9. The molecule has 0 atom stereocenters. The third kappa shape index (κ3) is 2.63. The van der Waals surface area contributed by atoms with E-state index < -0.39 is 10.8 Å². The summed E-state index contributed by atoms with van der Waals surface area (Å²) in [7, 11) is 0. The van der Waals surface area contributed by atoms with Crippen molar-refractivity contribution < 1.29 is 9.72 Å². The van der Waals surface area contributed by atoms with E-state index in [1.807, 2.05) is 13.0 Å². The zero-order valence-corrected chi connectivity index (χ0v) is 11.2. The van der Waals surface area contributed by atoms with E-state index in [4.69, 9.17) is 0 Å². The molecule has 0 aliphatic rings. The highest BCUT2D eigenvalue weighted by molar-refractivity contribution is 6.05. The van der Waals surface area contributed by atoms with Crippen molar-refractivity contribution in [3.8, 4) is 0 Å². The minimum atomic E-state index is -0.668. The molecule has 8 heteroatoms. The van der Waals surface area contributed by atoms with Gasteiger partial charge in [0.2, 0.25) is 5.69 Å². The quantitative estimate of drug-likeness (QED) is 0.655. The van der Waals surface area contributed by atoms with Gasteiger partial charge in [-0.1, -0.05) is 0 Å². The Balaban J connectivity index is 2.31. The molecule has 20 heavy (non-hydrogen) atoms. The van der Waals surface area contributed by atoms with E-state index in [0.717, 1.165) is 11.3 Å². The number of anilines is 1. The first-order valence-electron chi connectivity index (χ1n) is 5.84. The number of nitrogens with zero attached hydrogens (tertiary/aromatic N) is 3. The van der Waals surface area contributed by atoms with Gasteiger partial charge in [0, 0.05) is 5.69 Å². The summed E-state index contributed by atoms with van der Waals surface area (Å²) in [6, 6.07) is 3.53. The van der Waals surface area contributed by atoms with Crippen LogP contribution in [0.3, 0.4) is 0 Å². The first-order chi connectivity index (χ1) is 9.38. The molecular formula is C12H13N5O3. The normalized spacial score (nSPS) is 10.3. The van der Waals surface area contributed by atoms with E-state index in [2.05, 4.69) is 20.5 Å². The number of nitro groups is 1. The Morgan fingerprint density at radius 3 is 2.65 bits per heavy atom. The van der Waals surface area contributed by atoms with E-state index in [9.17, 15) is 14.9 Å². The van der Waals surface area contributed by atoms with Crippen molar-refractivity contribution in [2.24, 2.45) is 0 Å². The summed E-state index contributed by atoms with van der Waals surface area (Å²) in [6.45, 7) is 5.15. The molecule has 2 aromatic rings. The average molecular weight is 275 g/mol. The number of aromatic amines is 1. The smallest absolute Gasteiger partial charge is 0.305 e. The molecule has 2 aromatic heterocycles. The van der Waals surface area contributed by atoms with Gasteiger partial charge in [0.15, 0.2) is 0 Å². The number of hydrogen-bond donors (Lipinski definition) is 2. The lowest BCUT2D eigenvalue weighted by Gasteiger charge is -2.04. The van der Waals surface area contributed by atoms with Crippen molar-refractivity contribution in [3.05, 3.63) is 44.9 Å². The second-order valence-corrected chi connectivity index (χ2v) is 4.43. The number of rotatable bonds is 3. The van der Waals surface area contributed by atoms with Crippen LogP contribution in [0.5, 0.6) is 0 Å². The number of carbonyl (C=O) groups is 1. The lowest BCUT2D eigenvalue weighted by molar-refractivity contribution is -0.385. The third-order valence-corrected chi connectivity index (χ3v) is 2.65. The predicted octanol–water partition coefficient (Wildman–Crippen LogP) is 1.89. The number of pyridine rings is 1. The minimum Gasteiger partial charge on any atom is -0.305 e. The van der Waals surface area contributed by atoms with Crippen LogP contribution in [0.2, 0.25) is 0 Å². The molecule has 0 aliphatic heterocycles. The Labute approximate surface area is 114 Å². The molecule has 2 N–H and O–H groups in total. The van der Waals surface area contributed by atoms with E-state index in [0.29, 0.717) is 5.82 Å². The Kier molecular flexibility index (Phi) is 3.47. The fourth-order valence-corrected chi connectivity index (χ4v) is 1.89. The van der Waals surface area contributed by atoms with Gasteiger partial charge in [0.25, 0.3) is 5.91 Å². The van der Waals surface area contributed by atoms with Gasteiger partial charge in [-0.3, -0.25) is 20.0 Å². The highest BCUT2D eigenvalue weighted by atomic mass is 16.6. The first kappa shape index (κ1) is 13.7. The summed E-state index contributed by atoms with van der Waals surface area (Å²) in [5, 5.41) is 19.5. The fraction of sp³-hybridized carbons (Fsp3) is 0.250. The van der Waals surface area contributed by atoms with Crippen LogP contribution < -0.4 is 5.32 Å². The van der Waals surface area contributed by atoms with Crippen LogP contribution in [0.4, 0.5) is 11.5 Å². The van der Waals surface area contributed by atoms with Crippen LogP contribution in [0.1, 0.15) is 27.4 Å².